The van der Waals surface area contributed by atoms with Crippen LogP contribution in [-0.2, 0) is 0 Å². The van der Waals surface area contributed by atoms with Gasteiger partial charge in [0.2, 0.25) is 0 Å². The maximum absolute atomic E-state index is 12.9. The van der Waals surface area contributed by atoms with Crippen LogP contribution in [0.15, 0.2) is 49.1 Å². The number of aromatic nitrogens is 5. The van der Waals surface area contributed by atoms with Gasteiger partial charge in [-0.2, -0.15) is 5.10 Å². The summed E-state index contributed by atoms with van der Waals surface area (Å²) in [6, 6.07) is 7.41. The predicted molar refractivity (Wildman–Crippen MR) is 96.0 cm³/mol. The van der Waals surface area contributed by atoms with Gasteiger partial charge in [0.1, 0.15) is 5.82 Å². The number of hydrogen-bond acceptors (Lipinski definition) is 5. The van der Waals surface area contributed by atoms with Crippen molar-refractivity contribution in [1.82, 2.24) is 29.6 Å². The fourth-order valence-corrected chi connectivity index (χ4v) is 3.34. The van der Waals surface area contributed by atoms with Gasteiger partial charge in [0.05, 0.1) is 5.56 Å². The van der Waals surface area contributed by atoms with Crippen molar-refractivity contribution in [3.8, 4) is 5.82 Å². The van der Waals surface area contributed by atoms with E-state index in [4.69, 9.17) is 0 Å². The second-order valence-electron chi connectivity index (χ2n) is 6.47. The number of aryl methyl sites for hydroxylation is 1. The number of hydrogen-bond donors (Lipinski definition) is 0. The van der Waals surface area contributed by atoms with Crippen LogP contribution in [0, 0.1) is 6.92 Å². The molecule has 26 heavy (non-hydrogen) atoms. The Kier molecular flexibility index (Phi) is 4.43. The second kappa shape index (κ2) is 7.03. The van der Waals surface area contributed by atoms with E-state index in [-0.39, 0.29) is 11.8 Å². The fourth-order valence-electron chi connectivity index (χ4n) is 3.34. The van der Waals surface area contributed by atoms with Crippen LogP contribution in [0.5, 0.6) is 0 Å². The van der Waals surface area contributed by atoms with Crippen molar-refractivity contribution in [2.24, 2.45) is 0 Å². The van der Waals surface area contributed by atoms with E-state index in [9.17, 15) is 4.79 Å². The van der Waals surface area contributed by atoms with Gasteiger partial charge in [0.25, 0.3) is 5.91 Å². The molecule has 0 bridgehead atoms. The lowest BCUT2D eigenvalue weighted by atomic mass is 9.94. The first-order chi connectivity index (χ1) is 12.7. The molecule has 0 saturated carbocycles. The maximum atomic E-state index is 12.9. The number of likely N-dealkylation sites (tertiary alicyclic amines) is 1. The van der Waals surface area contributed by atoms with E-state index >= 15 is 0 Å². The quantitative estimate of drug-likeness (QED) is 0.726. The highest BCUT2D eigenvalue weighted by atomic mass is 16.2. The van der Waals surface area contributed by atoms with Crippen molar-refractivity contribution in [2.45, 2.75) is 25.7 Å². The van der Waals surface area contributed by atoms with Crippen molar-refractivity contribution < 1.29 is 4.79 Å². The average molecular weight is 348 g/mol. The van der Waals surface area contributed by atoms with Crippen molar-refractivity contribution in [3.63, 3.8) is 0 Å². The van der Waals surface area contributed by atoms with Crippen LogP contribution in [0.1, 0.15) is 40.6 Å². The summed E-state index contributed by atoms with van der Waals surface area (Å²) in [4.78, 5) is 27.8. The number of carbonyl (C=O) groups is 1. The minimum atomic E-state index is 0.0139. The third-order valence-electron chi connectivity index (χ3n) is 4.66. The molecule has 1 fully saturated rings. The number of pyridine rings is 1. The molecular weight excluding hydrogens is 328 g/mol. The van der Waals surface area contributed by atoms with Crippen molar-refractivity contribution >= 4 is 5.91 Å². The van der Waals surface area contributed by atoms with E-state index in [0.717, 1.165) is 30.9 Å². The van der Waals surface area contributed by atoms with Crippen LogP contribution < -0.4 is 0 Å². The highest BCUT2D eigenvalue weighted by Crippen LogP contribution is 2.26. The van der Waals surface area contributed by atoms with E-state index in [1.807, 2.05) is 42.3 Å². The highest BCUT2D eigenvalue weighted by Gasteiger charge is 2.26. The van der Waals surface area contributed by atoms with Crippen LogP contribution in [0.3, 0.4) is 0 Å². The molecule has 4 heterocycles. The maximum Gasteiger partial charge on any atom is 0.255 e. The van der Waals surface area contributed by atoms with E-state index in [2.05, 4.69) is 20.1 Å². The van der Waals surface area contributed by atoms with Gasteiger partial charge in [0.15, 0.2) is 5.82 Å². The molecule has 0 aliphatic carbocycles. The first-order valence-electron chi connectivity index (χ1n) is 8.75. The van der Waals surface area contributed by atoms with Gasteiger partial charge in [-0.05, 0) is 44.0 Å². The molecule has 3 aromatic heterocycles. The lowest BCUT2D eigenvalue weighted by molar-refractivity contribution is 0.0705. The van der Waals surface area contributed by atoms with E-state index < -0.39 is 0 Å². The molecule has 1 aliphatic rings. The molecule has 0 unspecified atom stereocenters. The number of rotatable bonds is 3. The number of piperidine rings is 1. The first kappa shape index (κ1) is 16.4. The monoisotopic (exact) mass is 348 g/mol. The van der Waals surface area contributed by atoms with Gasteiger partial charge >= 0.3 is 0 Å². The molecule has 4 rings (SSSR count). The van der Waals surface area contributed by atoms with Gasteiger partial charge in [-0.15, -0.1) is 0 Å². The molecule has 0 aromatic carbocycles. The zero-order valence-electron chi connectivity index (χ0n) is 14.6. The first-order valence-corrected chi connectivity index (χ1v) is 8.75. The Morgan fingerprint density at radius 2 is 2.12 bits per heavy atom. The minimum Gasteiger partial charge on any atom is -0.338 e. The molecule has 0 radical (unpaired) electrons. The number of carbonyl (C=O) groups excluding carboxylic acids is 1. The molecular formula is C19H20N6O. The van der Waals surface area contributed by atoms with E-state index in [1.54, 1.807) is 23.3 Å². The zero-order valence-corrected chi connectivity index (χ0v) is 14.6. The lowest BCUT2D eigenvalue weighted by Crippen LogP contribution is -2.39. The summed E-state index contributed by atoms with van der Waals surface area (Å²) in [7, 11) is 0. The van der Waals surface area contributed by atoms with Crippen molar-refractivity contribution in [3.05, 3.63) is 66.1 Å². The Hall–Kier alpha value is -3.09. The average Bonchev–Trinajstić information content (AvgIpc) is 3.22. The molecule has 132 valence electrons. The predicted octanol–water partition coefficient (Wildman–Crippen LogP) is 2.39. The van der Waals surface area contributed by atoms with E-state index in [1.165, 1.54) is 0 Å². The summed E-state index contributed by atoms with van der Waals surface area (Å²) >= 11 is 0. The Labute approximate surface area is 151 Å². The standard InChI is InChI=1S/C19H20N6O/c1-14-20-9-7-17(23-14)16-4-2-10-24(13-16)19(26)15-5-6-18(21-12-15)25-11-3-8-22-25/h3,5-9,11-12,16H,2,4,10,13H2,1H3/t16-/m0/s1. The molecule has 7 nitrogen and oxygen atoms in total. The van der Waals surface area contributed by atoms with Crippen LogP contribution in [0.2, 0.25) is 0 Å². The van der Waals surface area contributed by atoms with Gasteiger partial charge < -0.3 is 4.90 Å². The van der Waals surface area contributed by atoms with Gasteiger partial charge in [-0.3, -0.25) is 4.79 Å². The fraction of sp³-hybridized carbons (Fsp3) is 0.316. The molecule has 0 spiro atoms. The Balaban J connectivity index is 1.49. The van der Waals surface area contributed by atoms with E-state index in [0.29, 0.717) is 17.9 Å². The second-order valence-corrected chi connectivity index (χ2v) is 6.47. The summed E-state index contributed by atoms with van der Waals surface area (Å²) < 4.78 is 1.67. The van der Waals surface area contributed by atoms with Gasteiger partial charge in [-0.25, -0.2) is 19.6 Å². The molecule has 1 saturated heterocycles. The number of nitrogens with zero attached hydrogens (tertiary/aromatic N) is 6. The van der Waals surface area contributed by atoms with Gasteiger partial charge in [-0.1, -0.05) is 0 Å². The number of amides is 1. The van der Waals surface area contributed by atoms with Crippen LogP contribution in [0.4, 0.5) is 0 Å². The topological polar surface area (TPSA) is 76.8 Å². The minimum absolute atomic E-state index is 0.0139. The molecule has 1 atom stereocenters. The Morgan fingerprint density at radius 3 is 2.85 bits per heavy atom. The summed E-state index contributed by atoms with van der Waals surface area (Å²) in [5.74, 6) is 1.73. The SMILES string of the molecule is Cc1nccc([C@H]2CCCN(C(=O)c3ccc(-n4cccn4)nc3)C2)n1. The third-order valence-corrected chi connectivity index (χ3v) is 4.66. The van der Waals surface area contributed by atoms with Crippen molar-refractivity contribution in [1.29, 1.82) is 0 Å². The summed E-state index contributed by atoms with van der Waals surface area (Å²) in [5, 5.41) is 4.15. The molecule has 1 aliphatic heterocycles. The lowest BCUT2D eigenvalue weighted by Gasteiger charge is -2.32. The molecule has 0 N–H and O–H groups in total. The summed E-state index contributed by atoms with van der Waals surface area (Å²) in [6.45, 7) is 3.33. The van der Waals surface area contributed by atoms with Crippen LogP contribution in [0.25, 0.3) is 5.82 Å². The molecule has 3 aromatic rings. The van der Waals surface area contributed by atoms with Crippen LogP contribution >= 0.6 is 0 Å². The largest absolute Gasteiger partial charge is 0.338 e. The summed E-state index contributed by atoms with van der Waals surface area (Å²) in [5.41, 5.74) is 1.61. The normalized spacial score (nSPS) is 17.3. The Morgan fingerprint density at radius 1 is 1.19 bits per heavy atom. The summed E-state index contributed by atoms with van der Waals surface area (Å²) in [6.07, 6.45) is 8.94. The highest BCUT2D eigenvalue weighted by molar-refractivity contribution is 5.94. The smallest absolute Gasteiger partial charge is 0.255 e. The van der Waals surface area contributed by atoms with Gasteiger partial charge in [0, 0.05) is 49.5 Å². The van der Waals surface area contributed by atoms with Crippen molar-refractivity contribution in [2.75, 3.05) is 13.1 Å². The Bertz CT molecular complexity index is 891. The zero-order chi connectivity index (χ0) is 17.9. The third kappa shape index (κ3) is 3.33. The van der Waals surface area contributed by atoms with Crippen LogP contribution in [-0.4, -0.2) is 48.6 Å². The molecule has 1 amide bonds. The molecule has 7 heteroatoms.